The van der Waals surface area contributed by atoms with Crippen molar-refractivity contribution >= 4 is 149 Å². The van der Waals surface area contributed by atoms with Crippen LogP contribution >= 0.6 is 12.0 Å². The van der Waals surface area contributed by atoms with Crippen LogP contribution in [0.2, 0.25) is 0 Å². The summed E-state index contributed by atoms with van der Waals surface area (Å²) < 4.78 is 203. The molecule has 0 aliphatic carbocycles. The van der Waals surface area contributed by atoms with Gasteiger partial charge in [-0.15, -0.1) is 9.32 Å². The van der Waals surface area contributed by atoms with E-state index < -0.39 is 85.2 Å². The number of nitrogens with zero attached hydrogens (tertiary/aromatic N) is 8. The average molecular weight is 1660 g/mol. The summed E-state index contributed by atoms with van der Waals surface area (Å²) in [5, 5.41) is 3.57. The minimum atomic E-state index is -4.57. The van der Waals surface area contributed by atoms with Gasteiger partial charge in [0, 0.05) is 80.2 Å². The maximum atomic E-state index is 10.8. The smallest absolute Gasteiger partial charge is 0.744 e. The molecule has 4 N–H and O–H groups in total. The van der Waals surface area contributed by atoms with Gasteiger partial charge in [0.1, 0.15) is 40.5 Å². The van der Waals surface area contributed by atoms with Crippen LogP contribution in [0.15, 0.2) is 214 Å². The molecule has 0 unspecified atom stereocenters. The van der Waals surface area contributed by atoms with E-state index in [2.05, 4.69) is 29.0 Å². The van der Waals surface area contributed by atoms with Crippen molar-refractivity contribution in [3.63, 3.8) is 0 Å². The number of aromatic nitrogens is 8. The summed E-state index contributed by atoms with van der Waals surface area (Å²) in [4.78, 5) is 42.0. The fourth-order valence-electron chi connectivity index (χ4n) is 9.06. The first-order valence-electron chi connectivity index (χ1n) is 27.8. The van der Waals surface area contributed by atoms with Crippen LogP contribution in [-0.2, 0) is 96.4 Å². The summed E-state index contributed by atoms with van der Waals surface area (Å²) in [6.07, 6.45) is 4.41. The van der Waals surface area contributed by atoms with E-state index in [0.717, 1.165) is 117 Å². The molecule has 32 nitrogen and oxygen atoms in total. The van der Waals surface area contributed by atoms with Gasteiger partial charge in [-0.2, -0.15) is 0 Å². The van der Waals surface area contributed by atoms with Crippen LogP contribution in [0.1, 0.15) is 0 Å². The predicted molar refractivity (Wildman–Crippen MR) is 366 cm³/mol. The molecule has 105 heavy (non-hydrogen) atoms. The van der Waals surface area contributed by atoms with Gasteiger partial charge in [-0.25, -0.2) is 74.4 Å². The number of hydrogen-bond donors (Lipinski definition) is 4. The van der Waals surface area contributed by atoms with Crippen LogP contribution < -0.4 is 148 Å². The molecule has 0 fully saturated rings. The molecular weight excluding hydrogens is 1620 g/mol. The molecule has 0 spiro atoms. The first kappa shape index (κ1) is 92.0. The van der Waals surface area contributed by atoms with E-state index in [1.54, 1.807) is 6.26 Å². The second-order valence-corrected chi connectivity index (χ2v) is 31.9. The molecule has 8 bridgehead atoms. The molecule has 0 amide bonds. The van der Waals surface area contributed by atoms with Gasteiger partial charge in [0.05, 0.1) is 67.3 Å². The number of nitrogens with one attached hydrogen (secondary N) is 4. The Bertz CT molecular complexity index is 5460. The molecule has 0 saturated carbocycles. The minimum absolute atomic E-state index is 0. The fraction of sp³-hybridized carbons (Fsp3) is 0.0667. The Labute approximate surface area is 705 Å². The van der Waals surface area contributed by atoms with E-state index >= 15 is 0 Å². The zero-order valence-electron chi connectivity index (χ0n) is 55.8. The van der Waals surface area contributed by atoms with Crippen molar-refractivity contribution in [1.82, 2.24) is 39.9 Å². The van der Waals surface area contributed by atoms with Crippen molar-refractivity contribution in [3.05, 3.63) is 194 Å². The molecule has 2 aliphatic rings. The number of hydrogen-bond acceptors (Lipinski definition) is 28. The summed E-state index contributed by atoms with van der Waals surface area (Å²) in [6, 6.07) is 51.1. The molecule has 0 radical (unpaired) electrons. The fourth-order valence-corrected chi connectivity index (χ4v) is 12.9. The molecule has 11 aromatic rings. The third-order valence-corrected chi connectivity index (χ3v) is 18.3. The molecule has 2 aliphatic heterocycles. The van der Waals surface area contributed by atoms with Crippen LogP contribution in [0.4, 0.5) is 22.7 Å². The van der Waals surface area contributed by atoms with Gasteiger partial charge in [0.2, 0.25) is 30.1 Å². The number of benzene rings is 8. The van der Waals surface area contributed by atoms with E-state index in [4.69, 9.17) is 39.9 Å². The maximum Gasteiger partial charge on any atom is 2.00 e. The number of rotatable bonds is 14. The van der Waals surface area contributed by atoms with Gasteiger partial charge in [-0.3, -0.25) is 14.2 Å². The van der Waals surface area contributed by atoms with E-state index in [0.29, 0.717) is 51.6 Å². The van der Waals surface area contributed by atoms with Crippen molar-refractivity contribution < 1.29 is 221 Å². The summed E-state index contributed by atoms with van der Waals surface area (Å²) in [7, 11) is -28.6. The summed E-state index contributed by atoms with van der Waals surface area (Å²) in [5.41, 5.74) is 8.51. The summed E-state index contributed by atoms with van der Waals surface area (Å²) >= 11 is 0.966. The molecule has 3 aromatic heterocycles. The third-order valence-electron chi connectivity index (χ3n) is 13.0. The second kappa shape index (κ2) is 38.8. The van der Waals surface area contributed by atoms with E-state index in [-0.39, 0.29) is 157 Å². The van der Waals surface area contributed by atoms with Crippen LogP contribution in [0.3, 0.4) is 0 Å². The van der Waals surface area contributed by atoms with Gasteiger partial charge in [0.15, 0.2) is 0 Å². The van der Waals surface area contributed by atoms with E-state index in [9.17, 15) is 77.1 Å². The van der Waals surface area contributed by atoms with Crippen molar-refractivity contribution in [3.8, 4) is 45.6 Å². The van der Waals surface area contributed by atoms with Gasteiger partial charge >= 0.3 is 135 Å². The Hall–Kier alpha value is -5.43. The Morgan fingerprint density at radius 2 is 0.562 bits per heavy atom. The Balaban J connectivity index is 0.000000304. The van der Waals surface area contributed by atoms with Crippen LogP contribution in [0.25, 0.3) is 89.7 Å². The van der Waals surface area contributed by atoms with Gasteiger partial charge in [-0.1, -0.05) is 121 Å². The normalized spacial score (nSPS) is 11.5. The van der Waals surface area contributed by atoms with Gasteiger partial charge in [0.25, 0.3) is 0 Å². The predicted octanol–water partition coefficient (Wildman–Crippen LogP) is -4.83. The number of fused-ring (bicyclic) bond motifs is 20. The van der Waals surface area contributed by atoms with Crippen molar-refractivity contribution in [2.75, 3.05) is 44.7 Å². The Morgan fingerprint density at radius 3 is 0.790 bits per heavy atom. The monoisotopic (exact) mass is 1660 g/mol. The van der Waals surface area contributed by atoms with E-state index in [1.165, 1.54) is 54.6 Å². The third kappa shape index (κ3) is 26.4. The summed E-state index contributed by atoms with van der Waals surface area (Å²) in [5.74, 6) is 2.21. The van der Waals surface area contributed by atoms with Crippen LogP contribution in [-0.4, -0.2) is 132 Å². The summed E-state index contributed by atoms with van der Waals surface area (Å²) in [6.45, 7) is 0. The van der Waals surface area contributed by atoms with Crippen molar-refractivity contribution in [2.24, 2.45) is 0 Å². The SMILES string of the molecule is CS(=O)(=O)Nc1cccc(S(=O)(=O)[O-])c1.CS(=O)(=O)Nc1cccc(S(=O)(=O)[O-])c1.CS(=O)(=O)Nc1cccc(S(=O)(=O)[O-])c1.CSOONc1cccc(S(=O)(=O)[O-])c1.[Na+].[Na+].[Na+].[Na+].[Ni+2].c1ccc2c(c1)-c1nc-2nc2[n-]c(nc3nc(nc4[n-]c(n1)c1ccccc41)-c1ccccc1-3)c1ccccc21. The van der Waals surface area contributed by atoms with E-state index in [1.807, 2.05) is 97.1 Å². The topological polar surface area (TPSA) is 503 Å². The molecule has 0 saturated heterocycles. The molecule has 45 heteroatoms. The van der Waals surface area contributed by atoms with Gasteiger partial charge in [-0.05, 0) is 94.3 Å². The molecular formula is C60H48N12Na4NiO20S8. The Kier molecular flexibility index (Phi) is 34.0. The zero-order chi connectivity index (χ0) is 72.6. The van der Waals surface area contributed by atoms with Gasteiger partial charge < -0.3 is 48.1 Å². The van der Waals surface area contributed by atoms with Crippen molar-refractivity contribution in [1.29, 1.82) is 0 Å². The number of anilines is 4. The van der Waals surface area contributed by atoms with Crippen LogP contribution in [0, 0.1) is 0 Å². The van der Waals surface area contributed by atoms with Crippen molar-refractivity contribution in [2.45, 2.75) is 19.6 Å². The largest absolute Gasteiger partial charge is 2.00 e. The minimum Gasteiger partial charge on any atom is -0.744 e. The van der Waals surface area contributed by atoms with Crippen LogP contribution in [0.5, 0.6) is 0 Å². The molecule has 0 atom stereocenters. The zero-order valence-corrected chi connectivity index (χ0v) is 71.3. The quantitative estimate of drug-likeness (QED) is 0.0198. The molecule has 13 rings (SSSR count). The first-order valence-corrected chi connectivity index (χ1v) is 40.2. The number of sulfonamides is 3. The first-order chi connectivity index (χ1) is 46.9. The maximum absolute atomic E-state index is 10.8. The molecule has 530 valence electrons. The Morgan fingerprint density at radius 1 is 0.333 bits per heavy atom. The standard InChI is InChI=1S/C32H16N8.4C7H9NO5S2.4Na.Ni/c1-2-10-18-17(9-1)25-33-26(18)38-28-21-13-5-6-14-22(21)30(35-28)40-32-24-16-8-7-15-23(24)31(36-32)39-29-20-12-4-3-11-19(20)27(34-29)37-25;3*1-14(9,10)8-6-3-2-4-7(5-6)15(11,12)13;1-14-13-12-8-6-3-2-4-7(5-6)15(9,10)11;;;;;/h1-16H;3*2-5,8H,1H3,(H,11,12,13);2-5,8H,1H3,(H,9,10,11);;;;;/q-2;;;;;4*+1;+2/p-4. The average Bonchev–Trinajstić information content (AvgIpc) is 1.61. The molecule has 5 heterocycles. The second-order valence-electron chi connectivity index (χ2n) is 20.6. The molecule has 8 aromatic carbocycles.